The summed E-state index contributed by atoms with van der Waals surface area (Å²) in [7, 11) is 0. The third-order valence-corrected chi connectivity index (χ3v) is 4.23. The maximum Gasteiger partial charge on any atom is 0.274 e. The van der Waals surface area contributed by atoms with Gasteiger partial charge >= 0.3 is 0 Å². The number of hydrogen-bond acceptors (Lipinski definition) is 4. The van der Waals surface area contributed by atoms with Crippen molar-refractivity contribution in [3.05, 3.63) is 77.4 Å². The Morgan fingerprint density at radius 2 is 1.67 bits per heavy atom. The molecule has 2 aromatic carbocycles. The number of halogens is 1. The predicted octanol–water partition coefficient (Wildman–Crippen LogP) is 4.74. The number of rotatable bonds is 6. The highest BCUT2D eigenvalue weighted by molar-refractivity contribution is 6.03. The fraction of sp³-hybridized carbons (Fsp3) is 0.190. The van der Waals surface area contributed by atoms with E-state index in [-0.39, 0.29) is 23.4 Å². The van der Waals surface area contributed by atoms with Crippen LogP contribution in [0.3, 0.4) is 0 Å². The van der Waals surface area contributed by atoms with Gasteiger partial charge in [-0.1, -0.05) is 32.0 Å². The molecule has 0 atom stereocenters. The molecule has 1 amide bonds. The Labute approximate surface area is 157 Å². The SMILES string of the molecule is CCc1cccc(CC)c1NC(=O)c1ccnc(Nc2ccc(F)cc2)n1. The van der Waals surface area contributed by atoms with Crippen molar-refractivity contribution in [1.29, 1.82) is 0 Å². The first kappa shape index (κ1) is 18.5. The van der Waals surface area contributed by atoms with E-state index in [1.54, 1.807) is 18.2 Å². The summed E-state index contributed by atoms with van der Waals surface area (Å²) in [6.07, 6.45) is 3.16. The average Bonchev–Trinajstić information content (AvgIpc) is 2.70. The molecular formula is C21H21FN4O. The van der Waals surface area contributed by atoms with Gasteiger partial charge in [-0.3, -0.25) is 4.79 Å². The van der Waals surface area contributed by atoms with Crippen molar-refractivity contribution < 1.29 is 9.18 Å². The molecule has 0 radical (unpaired) electrons. The molecule has 0 aliphatic carbocycles. The summed E-state index contributed by atoms with van der Waals surface area (Å²) in [4.78, 5) is 21.1. The van der Waals surface area contributed by atoms with Crippen LogP contribution in [0.25, 0.3) is 0 Å². The molecule has 138 valence electrons. The number of amides is 1. The molecule has 1 heterocycles. The molecule has 0 aliphatic rings. The fourth-order valence-electron chi connectivity index (χ4n) is 2.79. The van der Waals surface area contributed by atoms with Crippen molar-refractivity contribution in [3.63, 3.8) is 0 Å². The van der Waals surface area contributed by atoms with E-state index >= 15 is 0 Å². The van der Waals surface area contributed by atoms with Crippen molar-refractivity contribution in [2.75, 3.05) is 10.6 Å². The van der Waals surface area contributed by atoms with E-state index in [2.05, 4.69) is 34.4 Å². The van der Waals surface area contributed by atoms with Gasteiger partial charge in [-0.25, -0.2) is 14.4 Å². The monoisotopic (exact) mass is 364 g/mol. The molecule has 0 saturated heterocycles. The Balaban J connectivity index is 1.81. The first-order valence-electron chi connectivity index (χ1n) is 8.88. The molecule has 6 heteroatoms. The smallest absolute Gasteiger partial charge is 0.274 e. The Bertz CT molecular complexity index is 919. The number of aromatic nitrogens is 2. The highest BCUT2D eigenvalue weighted by Crippen LogP contribution is 2.23. The molecule has 2 N–H and O–H groups in total. The second-order valence-corrected chi connectivity index (χ2v) is 6.01. The Hall–Kier alpha value is -3.28. The van der Waals surface area contributed by atoms with Crippen LogP contribution in [0, 0.1) is 5.82 Å². The van der Waals surface area contributed by atoms with E-state index < -0.39 is 0 Å². The van der Waals surface area contributed by atoms with Gasteiger partial charge in [-0.2, -0.15) is 0 Å². The van der Waals surface area contributed by atoms with Crippen LogP contribution in [-0.4, -0.2) is 15.9 Å². The lowest BCUT2D eigenvalue weighted by Crippen LogP contribution is -2.17. The number of carbonyl (C=O) groups is 1. The van der Waals surface area contributed by atoms with Crippen LogP contribution in [-0.2, 0) is 12.8 Å². The summed E-state index contributed by atoms with van der Waals surface area (Å²) in [5, 5.41) is 5.96. The quantitative estimate of drug-likeness (QED) is 0.663. The normalized spacial score (nSPS) is 10.5. The number of benzene rings is 2. The van der Waals surface area contributed by atoms with Crippen LogP contribution < -0.4 is 10.6 Å². The fourth-order valence-corrected chi connectivity index (χ4v) is 2.79. The number of aryl methyl sites for hydroxylation is 2. The number of para-hydroxylation sites is 1. The van der Waals surface area contributed by atoms with E-state index in [1.807, 2.05) is 18.2 Å². The van der Waals surface area contributed by atoms with E-state index in [4.69, 9.17) is 0 Å². The Kier molecular flexibility index (Phi) is 5.76. The van der Waals surface area contributed by atoms with Crippen molar-refractivity contribution >= 4 is 23.2 Å². The maximum absolute atomic E-state index is 13.0. The average molecular weight is 364 g/mol. The topological polar surface area (TPSA) is 66.9 Å². The minimum Gasteiger partial charge on any atom is -0.324 e. The minimum absolute atomic E-state index is 0.252. The summed E-state index contributed by atoms with van der Waals surface area (Å²) < 4.78 is 13.0. The first-order valence-corrected chi connectivity index (χ1v) is 8.88. The van der Waals surface area contributed by atoms with E-state index in [1.165, 1.54) is 18.3 Å². The van der Waals surface area contributed by atoms with Crippen molar-refractivity contribution in [2.24, 2.45) is 0 Å². The zero-order chi connectivity index (χ0) is 19.2. The maximum atomic E-state index is 13.0. The number of anilines is 3. The van der Waals surface area contributed by atoms with Gasteiger partial charge in [-0.15, -0.1) is 0 Å². The lowest BCUT2D eigenvalue weighted by atomic mass is 10.0. The lowest BCUT2D eigenvalue weighted by molar-refractivity contribution is 0.102. The van der Waals surface area contributed by atoms with Crippen LogP contribution >= 0.6 is 0 Å². The summed E-state index contributed by atoms with van der Waals surface area (Å²) in [5.74, 6) is -0.347. The number of carbonyl (C=O) groups excluding carboxylic acids is 1. The van der Waals surface area contributed by atoms with Gasteiger partial charge in [0.25, 0.3) is 5.91 Å². The largest absolute Gasteiger partial charge is 0.324 e. The molecule has 0 aliphatic heterocycles. The molecule has 5 nitrogen and oxygen atoms in total. The first-order chi connectivity index (χ1) is 13.1. The van der Waals surface area contributed by atoms with Crippen molar-refractivity contribution in [3.8, 4) is 0 Å². The molecule has 0 spiro atoms. The van der Waals surface area contributed by atoms with Gasteiger partial charge in [0.15, 0.2) is 0 Å². The van der Waals surface area contributed by atoms with Gasteiger partial charge in [0.2, 0.25) is 5.95 Å². The molecular weight excluding hydrogens is 343 g/mol. The standard InChI is InChI=1S/C21H21FN4O/c1-3-14-6-5-7-15(4-2)19(14)26-20(27)18-12-13-23-21(25-18)24-17-10-8-16(22)9-11-17/h5-13H,3-4H2,1-2H3,(H,26,27)(H,23,24,25). The van der Waals surface area contributed by atoms with Crippen molar-refractivity contribution in [2.45, 2.75) is 26.7 Å². The number of nitrogens with one attached hydrogen (secondary N) is 2. The molecule has 3 aromatic rings. The van der Waals surface area contributed by atoms with Crippen LogP contribution in [0.1, 0.15) is 35.5 Å². The summed E-state index contributed by atoms with van der Waals surface area (Å²) in [6.45, 7) is 4.11. The van der Waals surface area contributed by atoms with Crippen LogP contribution in [0.2, 0.25) is 0 Å². The molecule has 0 bridgehead atoms. The highest BCUT2D eigenvalue weighted by atomic mass is 19.1. The third kappa shape index (κ3) is 4.47. The van der Waals surface area contributed by atoms with E-state index in [0.717, 1.165) is 29.7 Å². The summed E-state index contributed by atoms with van der Waals surface area (Å²) in [5.41, 5.74) is 3.91. The van der Waals surface area contributed by atoms with Crippen LogP contribution in [0.15, 0.2) is 54.7 Å². The molecule has 27 heavy (non-hydrogen) atoms. The molecule has 3 rings (SSSR count). The van der Waals surface area contributed by atoms with Crippen LogP contribution in [0.4, 0.5) is 21.7 Å². The summed E-state index contributed by atoms with van der Waals surface area (Å²) in [6, 6.07) is 13.4. The second-order valence-electron chi connectivity index (χ2n) is 6.01. The van der Waals surface area contributed by atoms with Crippen molar-refractivity contribution in [1.82, 2.24) is 9.97 Å². The minimum atomic E-state index is -0.323. The van der Waals surface area contributed by atoms with E-state index in [0.29, 0.717) is 5.69 Å². The number of hydrogen-bond donors (Lipinski definition) is 2. The van der Waals surface area contributed by atoms with Gasteiger partial charge < -0.3 is 10.6 Å². The second kappa shape index (κ2) is 8.40. The number of nitrogens with zero attached hydrogens (tertiary/aromatic N) is 2. The zero-order valence-electron chi connectivity index (χ0n) is 15.3. The molecule has 1 aromatic heterocycles. The summed E-state index contributed by atoms with van der Waals surface area (Å²) >= 11 is 0. The molecule has 0 unspecified atom stereocenters. The van der Waals surface area contributed by atoms with Gasteiger partial charge in [0.05, 0.1) is 0 Å². The van der Waals surface area contributed by atoms with Crippen LogP contribution in [0.5, 0.6) is 0 Å². The predicted molar refractivity (Wildman–Crippen MR) is 105 cm³/mol. The molecule has 0 fully saturated rings. The van der Waals surface area contributed by atoms with Gasteiger partial charge in [0, 0.05) is 17.6 Å². The van der Waals surface area contributed by atoms with E-state index in [9.17, 15) is 9.18 Å². The van der Waals surface area contributed by atoms with Gasteiger partial charge in [-0.05, 0) is 54.3 Å². The Morgan fingerprint density at radius 3 is 2.30 bits per heavy atom. The lowest BCUT2D eigenvalue weighted by Gasteiger charge is -2.14. The third-order valence-electron chi connectivity index (χ3n) is 4.23. The van der Waals surface area contributed by atoms with Gasteiger partial charge in [0.1, 0.15) is 11.5 Å². The Morgan fingerprint density at radius 1 is 1.00 bits per heavy atom. The highest BCUT2D eigenvalue weighted by Gasteiger charge is 2.13. The zero-order valence-corrected chi connectivity index (χ0v) is 15.3. The molecule has 0 saturated carbocycles.